The van der Waals surface area contributed by atoms with E-state index in [9.17, 15) is 19.5 Å². The number of amides is 1. The lowest BCUT2D eigenvalue weighted by atomic mass is 9.82. The SMILES string of the molecule is O=C(O)CCC(Cc1ccc(-c2ccccc2)cc1)NC(=O)CC1(C(=O)O)CCCC1. The van der Waals surface area contributed by atoms with E-state index in [1.807, 2.05) is 54.6 Å². The monoisotopic (exact) mass is 423 g/mol. The van der Waals surface area contributed by atoms with Crippen molar-refractivity contribution in [2.45, 2.75) is 57.4 Å². The first-order valence-corrected chi connectivity index (χ1v) is 10.8. The van der Waals surface area contributed by atoms with Crippen molar-refractivity contribution < 1.29 is 24.6 Å². The summed E-state index contributed by atoms with van der Waals surface area (Å²) >= 11 is 0. The molecule has 0 spiro atoms. The third kappa shape index (κ3) is 6.17. The van der Waals surface area contributed by atoms with Gasteiger partial charge in [0.05, 0.1) is 5.41 Å². The lowest BCUT2D eigenvalue weighted by molar-refractivity contribution is -0.151. The minimum Gasteiger partial charge on any atom is -0.481 e. The van der Waals surface area contributed by atoms with E-state index in [4.69, 9.17) is 5.11 Å². The summed E-state index contributed by atoms with van der Waals surface area (Å²) in [6.07, 6.45) is 3.32. The normalized spacial score (nSPS) is 15.9. The second kappa shape index (κ2) is 10.2. The molecule has 0 saturated heterocycles. The first-order chi connectivity index (χ1) is 14.9. The molecule has 2 aromatic rings. The summed E-state index contributed by atoms with van der Waals surface area (Å²) in [5, 5.41) is 21.6. The van der Waals surface area contributed by atoms with E-state index in [2.05, 4.69) is 5.32 Å². The molecule has 1 aliphatic carbocycles. The maximum Gasteiger partial charge on any atom is 0.310 e. The number of carbonyl (C=O) groups excluding carboxylic acids is 1. The van der Waals surface area contributed by atoms with Gasteiger partial charge in [0, 0.05) is 18.9 Å². The van der Waals surface area contributed by atoms with E-state index < -0.39 is 17.4 Å². The molecule has 6 heteroatoms. The summed E-state index contributed by atoms with van der Waals surface area (Å²) in [5.74, 6) is -2.16. The quantitative estimate of drug-likeness (QED) is 0.529. The van der Waals surface area contributed by atoms with Crippen LogP contribution in [0.25, 0.3) is 11.1 Å². The molecule has 3 rings (SSSR count). The van der Waals surface area contributed by atoms with Crippen LogP contribution in [0.1, 0.15) is 50.5 Å². The Morgan fingerprint density at radius 1 is 0.903 bits per heavy atom. The highest BCUT2D eigenvalue weighted by atomic mass is 16.4. The molecule has 1 saturated carbocycles. The van der Waals surface area contributed by atoms with Crippen LogP contribution in [0.4, 0.5) is 0 Å². The number of aliphatic carboxylic acids is 2. The number of nitrogens with one attached hydrogen (secondary N) is 1. The first-order valence-electron chi connectivity index (χ1n) is 10.8. The Kier molecular flexibility index (Phi) is 7.45. The van der Waals surface area contributed by atoms with Gasteiger partial charge in [0.1, 0.15) is 0 Å². The van der Waals surface area contributed by atoms with Crippen molar-refractivity contribution in [1.29, 1.82) is 0 Å². The van der Waals surface area contributed by atoms with Crippen LogP contribution < -0.4 is 5.32 Å². The van der Waals surface area contributed by atoms with Gasteiger partial charge in [-0.25, -0.2) is 0 Å². The van der Waals surface area contributed by atoms with Crippen molar-refractivity contribution in [3.63, 3.8) is 0 Å². The van der Waals surface area contributed by atoms with Gasteiger partial charge in [-0.05, 0) is 42.4 Å². The lowest BCUT2D eigenvalue weighted by Crippen LogP contribution is -2.41. The number of benzene rings is 2. The van der Waals surface area contributed by atoms with Crippen LogP contribution in [0.15, 0.2) is 54.6 Å². The molecule has 0 radical (unpaired) electrons. The predicted octanol–water partition coefficient (Wildman–Crippen LogP) is 4.28. The Morgan fingerprint density at radius 2 is 1.52 bits per heavy atom. The predicted molar refractivity (Wildman–Crippen MR) is 118 cm³/mol. The van der Waals surface area contributed by atoms with Crippen LogP contribution in [0.2, 0.25) is 0 Å². The number of carboxylic acid groups (broad SMARTS) is 2. The summed E-state index contributed by atoms with van der Waals surface area (Å²) in [4.78, 5) is 35.5. The van der Waals surface area contributed by atoms with Crippen LogP contribution in [0.5, 0.6) is 0 Å². The zero-order valence-electron chi connectivity index (χ0n) is 17.5. The molecule has 1 atom stereocenters. The van der Waals surface area contributed by atoms with Crippen molar-refractivity contribution in [2.75, 3.05) is 0 Å². The van der Waals surface area contributed by atoms with Crippen LogP contribution in [-0.4, -0.2) is 34.1 Å². The number of rotatable bonds is 10. The van der Waals surface area contributed by atoms with Gasteiger partial charge >= 0.3 is 11.9 Å². The molecule has 3 N–H and O–H groups in total. The minimum absolute atomic E-state index is 0.0567. The van der Waals surface area contributed by atoms with Crippen LogP contribution in [0, 0.1) is 5.41 Å². The second-order valence-electron chi connectivity index (χ2n) is 8.43. The molecular formula is C25H29NO5. The van der Waals surface area contributed by atoms with E-state index >= 15 is 0 Å². The average molecular weight is 424 g/mol. The molecule has 0 bridgehead atoms. The lowest BCUT2D eigenvalue weighted by Gasteiger charge is -2.25. The summed E-state index contributed by atoms with van der Waals surface area (Å²) < 4.78 is 0. The fourth-order valence-corrected chi connectivity index (χ4v) is 4.38. The number of carbonyl (C=O) groups is 3. The summed E-state index contributed by atoms with van der Waals surface area (Å²) in [6, 6.07) is 17.6. The summed E-state index contributed by atoms with van der Waals surface area (Å²) in [7, 11) is 0. The zero-order valence-corrected chi connectivity index (χ0v) is 17.5. The fourth-order valence-electron chi connectivity index (χ4n) is 4.38. The van der Waals surface area contributed by atoms with Crippen LogP contribution in [0.3, 0.4) is 0 Å². The largest absolute Gasteiger partial charge is 0.481 e. The van der Waals surface area contributed by atoms with E-state index in [0.29, 0.717) is 25.7 Å². The van der Waals surface area contributed by atoms with Gasteiger partial charge in [-0.1, -0.05) is 67.4 Å². The number of carboxylic acids is 2. The molecular weight excluding hydrogens is 394 g/mol. The Balaban J connectivity index is 1.66. The fraction of sp³-hybridized carbons (Fsp3) is 0.400. The van der Waals surface area contributed by atoms with E-state index in [1.165, 1.54) is 0 Å². The Labute approximate surface area is 182 Å². The maximum atomic E-state index is 12.7. The van der Waals surface area contributed by atoms with Crippen molar-refractivity contribution >= 4 is 17.8 Å². The van der Waals surface area contributed by atoms with E-state index in [1.54, 1.807) is 0 Å². The van der Waals surface area contributed by atoms with Gasteiger partial charge < -0.3 is 15.5 Å². The second-order valence-corrected chi connectivity index (χ2v) is 8.43. The molecule has 1 amide bonds. The van der Waals surface area contributed by atoms with Crippen LogP contribution >= 0.6 is 0 Å². The van der Waals surface area contributed by atoms with Crippen molar-refractivity contribution in [3.8, 4) is 11.1 Å². The summed E-state index contributed by atoms with van der Waals surface area (Å²) in [5.41, 5.74) is 2.20. The average Bonchev–Trinajstić information content (AvgIpc) is 3.23. The highest BCUT2D eigenvalue weighted by Gasteiger charge is 2.43. The number of hydrogen-bond donors (Lipinski definition) is 3. The van der Waals surface area contributed by atoms with Crippen molar-refractivity contribution in [3.05, 3.63) is 60.2 Å². The van der Waals surface area contributed by atoms with Crippen molar-refractivity contribution in [1.82, 2.24) is 5.32 Å². The van der Waals surface area contributed by atoms with Crippen LogP contribution in [-0.2, 0) is 20.8 Å². The highest BCUT2D eigenvalue weighted by molar-refractivity contribution is 5.85. The standard InChI is InChI=1S/C25H29NO5/c27-22(17-25(24(30)31)14-4-5-15-25)26-21(12-13-23(28)29)16-18-8-10-20(11-9-18)19-6-2-1-3-7-19/h1-3,6-11,21H,4-5,12-17H2,(H,26,27)(H,28,29)(H,30,31). The van der Waals surface area contributed by atoms with Gasteiger partial charge in [0.2, 0.25) is 5.91 Å². The van der Waals surface area contributed by atoms with Gasteiger partial charge in [-0.15, -0.1) is 0 Å². The molecule has 0 aliphatic heterocycles. The number of hydrogen-bond acceptors (Lipinski definition) is 3. The first kappa shape index (κ1) is 22.5. The molecule has 2 aromatic carbocycles. The van der Waals surface area contributed by atoms with Gasteiger partial charge in [-0.3, -0.25) is 14.4 Å². The molecule has 1 aliphatic rings. The van der Waals surface area contributed by atoms with E-state index in [0.717, 1.165) is 29.5 Å². The molecule has 164 valence electrons. The summed E-state index contributed by atoms with van der Waals surface area (Å²) in [6.45, 7) is 0. The third-order valence-electron chi connectivity index (χ3n) is 6.13. The van der Waals surface area contributed by atoms with Gasteiger partial charge in [0.25, 0.3) is 0 Å². The minimum atomic E-state index is -0.987. The molecule has 0 heterocycles. The van der Waals surface area contributed by atoms with Crippen molar-refractivity contribution in [2.24, 2.45) is 5.41 Å². The molecule has 1 fully saturated rings. The Hall–Kier alpha value is -3.15. The molecule has 6 nitrogen and oxygen atoms in total. The smallest absolute Gasteiger partial charge is 0.310 e. The topological polar surface area (TPSA) is 104 Å². The molecule has 31 heavy (non-hydrogen) atoms. The molecule has 0 aromatic heterocycles. The highest BCUT2D eigenvalue weighted by Crippen LogP contribution is 2.41. The Bertz CT molecular complexity index is 901. The van der Waals surface area contributed by atoms with Gasteiger partial charge in [0.15, 0.2) is 0 Å². The molecule has 1 unspecified atom stereocenters. The van der Waals surface area contributed by atoms with E-state index in [-0.39, 0.29) is 24.8 Å². The Morgan fingerprint density at radius 3 is 2.10 bits per heavy atom. The third-order valence-corrected chi connectivity index (χ3v) is 6.13. The zero-order chi connectivity index (χ0) is 22.3. The van der Waals surface area contributed by atoms with Gasteiger partial charge in [-0.2, -0.15) is 0 Å². The maximum absolute atomic E-state index is 12.7.